The van der Waals surface area contributed by atoms with Crippen LogP contribution in [-0.4, -0.2) is 32.3 Å². The van der Waals surface area contributed by atoms with Gasteiger partial charge in [0.25, 0.3) is 0 Å². The standard InChI is InChI=1S/C18H15F4NO4/c1-7(20)13-9(3-8(21)4-10(13)22)14-15(17(24)26-2)11(5-19)23-12-6-27-18(25)16(12)14/h3-4,7,14,23H,5-6H2,1-2H3/t7-,14-/m0/s1. The van der Waals surface area contributed by atoms with Crippen molar-refractivity contribution in [3.63, 3.8) is 0 Å². The van der Waals surface area contributed by atoms with E-state index in [0.29, 0.717) is 6.07 Å². The molecule has 0 unspecified atom stereocenters. The summed E-state index contributed by atoms with van der Waals surface area (Å²) in [6.07, 6.45) is -1.88. The van der Waals surface area contributed by atoms with Gasteiger partial charge >= 0.3 is 11.9 Å². The fourth-order valence-corrected chi connectivity index (χ4v) is 3.41. The highest BCUT2D eigenvalue weighted by Crippen LogP contribution is 2.44. The van der Waals surface area contributed by atoms with Gasteiger partial charge in [-0.3, -0.25) is 0 Å². The predicted octanol–water partition coefficient (Wildman–Crippen LogP) is 2.89. The number of benzene rings is 1. The number of alkyl halides is 2. The monoisotopic (exact) mass is 385 g/mol. The van der Waals surface area contributed by atoms with Crippen LogP contribution in [0.25, 0.3) is 0 Å². The van der Waals surface area contributed by atoms with Crippen molar-refractivity contribution < 1.29 is 36.6 Å². The number of hydrogen-bond acceptors (Lipinski definition) is 5. The van der Waals surface area contributed by atoms with Gasteiger partial charge in [-0.15, -0.1) is 0 Å². The highest BCUT2D eigenvalue weighted by molar-refractivity contribution is 6.01. The van der Waals surface area contributed by atoms with E-state index in [9.17, 15) is 27.2 Å². The first-order valence-corrected chi connectivity index (χ1v) is 7.97. The van der Waals surface area contributed by atoms with Crippen LogP contribution < -0.4 is 5.32 Å². The maximum absolute atomic E-state index is 14.3. The van der Waals surface area contributed by atoms with Crippen LogP contribution >= 0.6 is 0 Å². The molecule has 1 aromatic carbocycles. The molecule has 0 bridgehead atoms. The molecule has 2 heterocycles. The summed E-state index contributed by atoms with van der Waals surface area (Å²) in [5.74, 6) is -5.53. The van der Waals surface area contributed by atoms with E-state index in [1.54, 1.807) is 0 Å². The van der Waals surface area contributed by atoms with Gasteiger partial charge in [0, 0.05) is 11.6 Å². The molecule has 3 rings (SSSR count). The van der Waals surface area contributed by atoms with Crippen molar-refractivity contribution in [1.29, 1.82) is 0 Å². The van der Waals surface area contributed by atoms with E-state index in [1.807, 2.05) is 0 Å². The molecule has 2 atom stereocenters. The number of methoxy groups -OCH3 is 1. The molecule has 0 fully saturated rings. The second-order valence-corrected chi connectivity index (χ2v) is 6.05. The Morgan fingerprint density at radius 1 is 1.41 bits per heavy atom. The average molecular weight is 385 g/mol. The minimum Gasteiger partial charge on any atom is -0.466 e. The molecule has 0 spiro atoms. The number of cyclic esters (lactones) is 1. The topological polar surface area (TPSA) is 64.6 Å². The Hall–Kier alpha value is -2.84. The number of hydrogen-bond donors (Lipinski definition) is 1. The summed E-state index contributed by atoms with van der Waals surface area (Å²) in [6, 6.07) is 1.31. The molecular weight excluding hydrogens is 370 g/mol. The first-order chi connectivity index (χ1) is 12.8. The molecule has 0 amide bonds. The zero-order valence-corrected chi connectivity index (χ0v) is 14.4. The SMILES string of the molecule is COC(=O)C1=C(CF)NC2=C(C(=O)OC2)[C@H]1c1cc(F)cc(F)c1[C@H](C)F. The van der Waals surface area contributed by atoms with E-state index in [-0.39, 0.29) is 34.7 Å². The third-order valence-electron chi connectivity index (χ3n) is 4.47. The number of halogens is 4. The van der Waals surface area contributed by atoms with E-state index < -0.39 is 47.9 Å². The molecule has 0 aliphatic carbocycles. The number of nitrogens with one attached hydrogen (secondary N) is 1. The maximum atomic E-state index is 14.3. The van der Waals surface area contributed by atoms with Gasteiger partial charge in [-0.1, -0.05) is 0 Å². The lowest BCUT2D eigenvalue weighted by atomic mass is 9.78. The molecule has 0 saturated heterocycles. The Morgan fingerprint density at radius 3 is 2.70 bits per heavy atom. The van der Waals surface area contributed by atoms with Crippen LogP contribution in [0.15, 0.2) is 34.7 Å². The lowest BCUT2D eigenvalue weighted by Crippen LogP contribution is -2.32. The molecule has 0 radical (unpaired) electrons. The Kier molecular flexibility index (Phi) is 4.95. The predicted molar refractivity (Wildman–Crippen MR) is 84.8 cm³/mol. The van der Waals surface area contributed by atoms with Gasteiger partial charge in [-0.05, 0) is 18.6 Å². The second kappa shape index (κ2) is 7.05. The van der Waals surface area contributed by atoms with Crippen LogP contribution in [0.5, 0.6) is 0 Å². The minimum atomic E-state index is -1.88. The van der Waals surface area contributed by atoms with E-state index in [2.05, 4.69) is 10.1 Å². The second-order valence-electron chi connectivity index (χ2n) is 6.05. The van der Waals surface area contributed by atoms with Crippen molar-refractivity contribution in [2.24, 2.45) is 0 Å². The van der Waals surface area contributed by atoms with Gasteiger partial charge in [0.15, 0.2) is 0 Å². The quantitative estimate of drug-likeness (QED) is 0.638. The Balaban J connectivity index is 2.35. The van der Waals surface area contributed by atoms with Crippen LogP contribution in [0.1, 0.15) is 30.1 Å². The van der Waals surface area contributed by atoms with Gasteiger partial charge in [-0.25, -0.2) is 27.2 Å². The summed E-state index contributed by atoms with van der Waals surface area (Å²) in [5.41, 5.74) is -1.45. The number of esters is 2. The van der Waals surface area contributed by atoms with Crippen molar-refractivity contribution in [2.45, 2.75) is 19.0 Å². The first kappa shape index (κ1) is 18.9. The lowest BCUT2D eigenvalue weighted by molar-refractivity contribution is -0.136. The molecule has 9 heteroatoms. The summed E-state index contributed by atoms with van der Waals surface area (Å²) in [5, 5.41) is 2.59. The average Bonchev–Trinajstić information content (AvgIpc) is 2.99. The van der Waals surface area contributed by atoms with Crippen molar-refractivity contribution in [3.05, 3.63) is 57.4 Å². The van der Waals surface area contributed by atoms with Gasteiger partial charge in [-0.2, -0.15) is 0 Å². The lowest BCUT2D eigenvalue weighted by Gasteiger charge is -2.29. The van der Waals surface area contributed by atoms with E-state index in [1.165, 1.54) is 0 Å². The van der Waals surface area contributed by atoms with E-state index >= 15 is 0 Å². The zero-order chi connectivity index (χ0) is 19.9. The first-order valence-electron chi connectivity index (χ1n) is 7.97. The third-order valence-corrected chi connectivity index (χ3v) is 4.47. The van der Waals surface area contributed by atoms with Crippen LogP contribution in [-0.2, 0) is 19.1 Å². The van der Waals surface area contributed by atoms with E-state index in [4.69, 9.17) is 4.74 Å². The third kappa shape index (κ3) is 3.07. The van der Waals surface area contributed by atoms with Gasteiger partial charge in [0.1, 0.15) is 31.1 Å². The molecular formula is C18H15F4NO4. The molecule has 144 valence electrons. The number of allylic oxidation sites excluding steroid dienone is 1. The van der Waals surface area contributed by atoms with Gasteiger partial charge < -0.3 is 14.8 Å². The van der Waals surface area contributed by atoms with Crippen LogP contribution in [0.2, 0.25) is 0 Å². The van der Waals surface area contributed by atoms with Crippen LogP contribution in [0, 0.1) is 11.6 Å². The number of carbonyl (C=O) groups is 2. The van der Waals surface area contributed by atoms with Crippen molar-refractivity contribution in [2.75, 3.05) is 20.4 Å². The zero-order valence-electron chi connectivity index (χ0n) is 14.4. The summed E-state index contributed by atoms with van der Waals surface area (Å²) < 4.78 is 65.6. The van der Waals surface area contributed by atoms with Crippen molar-refractivity contribution in [1.82, 2.24) is 5.32 Å². The Morgan fingerprint density at radius 2 is 2.11 bits per heavy atom. The summed E-state index contributed by atoms with van der Waals surface area (Å²) in [4.78, 5) is 24.5. The van der Waals surface area contributed by atoms with E-state index in [0.717, 1.165) is 20.1 Å². The number of rotatable bonds is 4. The van der Waals surface area contributed by atoms with Gasteiger partial charge in [0.05, 0.1) is 35.6 Å². The molecule has 27 heavy (non-hydrogen) atoms. The molecule has 5 nitrogen and oxygen atoms in total. The molecule has 1 aromatic rings. The fraction of sp³-hybridized carbons (Fsp3) is 0.333. The smallest absolute Gasteiger partial charge is 0.337 e. The number of carbonyl (C=O) groups excluding carboxylic acids is 2. The maximum Gasteiger partial charge on any atom is 0.337 e. The Labute approximate surface area is 151 Å². The van der Waals surface area contributed by atoms with Crippen molar-refractivity contribution >= 4 is 11.9 Å². The molecule has 0 saturated carbocycles. The molecule has 0 aromatic heterocycles. The van der Waals surface area contributed by atoms with Crippen molar-refractivity contribution in [3.8, 4) is 0 Å². The van der Waals surface area contributed by atoms with Crippen LogP contribution in [0.4, 0.5) is 17.6 Å². The van der Waals surface area contributed by atoms with Crippen LogP contribution in [0.3, 0.4) is 0 Å². The minimum absolute atomic E-state index is 0.139. The summed E-state index contributed by atoms with van der Waals surface area (Å²) >= 11 is 0. The summed E-state index contributed by atoms with van der Waals surface area (Å²) in [6.45, 7) is -0.355. The largest absolute Gasteiger partial charge is 0.466 e. The Bertz CT molecular complexity index is 892. The highest BCUT2D eigenvalue weighted by Gasteiger charge is 2.44. The molecule has 1 N–H and O–H groups in total. The molecule has 2 aliphatic rings. The normalized spacial score (nSPS) is 20.2. The molecule has 2 aliphatic heterocycles. The van der Waals surface area contributed by atoms with Gasteiger partial charge in [0.2, 0.25) is 0 Å². The summed E-state index contributed by atoms with van der Waals surface area (Å²) in [7, 11) is 1.03. The highest BCUT2D eigenvalue weighted by atomic mass is 19.1. The fourth-order valence-electron chi connectivity index (χ4n) is 3.41. The number of ether oxygens (including phenoxy) is 2. The number of dihydropyridines is 1.